The van der Waals surface area contributed by atoms with Crippen LogP contribution in [0.5, 0.6) is 0 Å². The number of carbonyl (C=O) groups is 2. The number of nitrogen functional groups attached to an aromatic ring is 1. The predicted molar refractivity (Wildman–Crippen MR) is 112 cm³/mol. The van der Waals surface area contributed by atoms with Crippen LogP contribution < -0.4 is 11.4 Å². The number of carbonyl (C=O) groups excluding carboxylic acids is 2. The highest BCUT2D eigenvalue weighted by atomic mass is 16.6. The van der Waals surface area contributed by atoms with Gasteiger partial charge in [0, 0.05) is 6.42 Å². The Hall–Kier alpha value is -4.05. The first-order chi connectivity index (χ1) is 15.5. The van der Waals surface area contributed by atoms with Gasteiger partial charge in [0.1, 0.15) is 19.0 Å². The van der Waals surface area contributed by atoms with E-state index in [1.165, 1.54) is 6.33 Å². The molecule has 32 heavy (non-hydrogen) atoms. The van der Waals surface area contributed by atoms with E-state index in [0.29, 0.717) is 11.1 Å². The van der Waals surface area contributed by atoms with Gasteiger partial charge in [0.05, 0.1) is 17.2 Å². The van der Waals surface area contributed by atoms with Crippen molar-refractivity contribution in [2.45, 2.75) is 24.9 Å². The van der Waals surface area contributed by atoms with Gasteiger partial charge in [-0.25, -0.2) is 19.4 Å². The summed E-state index contributed by atoms with van der Waals surface area (Å²) in [4.78, 5) is 44.5. The lowest BCUT2D eigenvalue weighted by molar-refractivity contribution is -0.0635. The lowest BCUT2D eigenvalue weighted by Gasteiger charge is -2.20. The van der Waals surface area contributed by atoms with Gasteiger partial charge in [-0.3, -0.25) is 4.57 Å². The molecule has 0 aliphatic carbocycles. The van der Waals surface area contributed by atoms with Crippen LogP contribution in [0.15, 0.2) is 71.8 Å². The summed E-state index contributed by atoms with van der Waals surface area (Å²) in [6.45, 7) is -0.0891. The Labute approximate surface area is 182 Å². The molecule has 1 aromatic heterocycles. The van der Waals surface area contributed by atoms with Gasteiger partial charge in [-0.2, -0.15) is 4.98 Å². The minimum Gasteiger partial charge on any atom is -0.459 e. The number of nitrogens with zero attached hydrogens (tertiary/aromatic N) is 3. The van der Waals surface area contributed by atoms with Crippen molar-refractivity contribution in [3.8, 4) is 0 Å². The monoisotopic (exact) mass is 436 g/mol. The van der Waals surface area contributed by atoms with E-state index in [1.54, 1.807) is 60.7 Å². The first-order valence-corrected chi connectivity index (χ1v) is 9.85. The SMILES string of the molecule is Nc1ncn(C2O[C@H](COC(=O)c3ccccc3)C[C@@H]2OC(=O)c2ccccc2)c(=O)n1. The van der Waals surface area contributed by atoms with E-state index < -0.39 is 36.1 Å². The molecule has 2 N–H and O–H groups in total. The summed E-state index contributed by atoms with van der Waals surface area (Å²) in [5.74, 6) is -1.27. The van der Waals surface area contributed by atoms with Crippen LogP contribution in [0.4, 0.5) is 5.95 Å². The lowest BCUT2D eigenvalue weighted by atomic mass is 10.2. The van der Waals surface area contributed by atoms with Crippen molar-refractivity contribution in [2.24, 2.45) is 0 Å². The maximum atomic E-state index is 12.6. The maximum Gasteiger partial charge on any atom is 0.354 e. The number of rotatable bonds is 6. The highest BCUT2D eigenvalue weighted by Gasteiger charge is 2.40. The Bertz CT molecular complexity index is 1150. The fraction of sp³-hybridized carbons (Fsp3) is 0.227. The van der Waals surface area contributed by atoms with Crippen LogP contribution in [0.2, 0.25) is 0 Å². The highest BCUT2D eigenvalue weighted by Crippen LogP contribution is 2.31. The Morgan fingerprint density at radius 1 is 1.03 bits per heavy atom. The first kappa shape index (κ1) is 21.2. The summed E-state index contributed by atoms with van der Waals surface area (Å²) in [5, 5.41) is 0. The van der Waals surface area contributed by atoms with E-state index in [4.69, 9.17) is 19.9 Å². The molecule has 0 amide bonds. The van der Waals surface area contributed by atoms with Crippen LogP contribution in [-0.2, 0) is 14.2 Å². The summed E-state index contributed by atoms with van der Waals surface area (Å²) in [7, 11) is 0. The summed E-state index contributed by atoms with van der Waals surface area (Å²) in [6, 6.07) is 17.0. The van der Waals surface area contributed by atoms with Gasteiger partial charge in [-0.05, 0) is 24.3 Å². The fourth-order valence-electron chi connectivity index (χ4n) is 3.31. The van der Waals surface area contributed by atoms with Gasteiger partial charge in [0.15, 0.2) is 6.23 Å². The molecule has 1 saturated heterocycles. The van der Waals surface area contributed by atoms with Crippen molar-refractivity contribution in [3.63, 3.8) is 0 Å². The third kappa shape index (κ3) is 4.81. The van der Waals surface area contributed by atoms with E-state index >= 15 is 0 Å². The zero-order chi connectivity index (χ0) is 22.5. The molecule has 0 saturated carbocycles. The predicted octanol–water partition coefficient (Wildman–Crippen LogP) is 1.59. The topological polar surface area (TPSA) is 136 Å². The molecule has 1 aliphatic rings. The zero-order valence-electron chi connectivity index (χ0n) is 16.9. The van der Waals surface area contributed by atoms with E-state index in [1.807, 2.05) is 0 Å². The minimum atomic E-state index is -1.00. The Balaban J connectivity index is 1.50. The minimum absolute atomic E-state index is 0.0891. The normalized spacial score (nSPS) is 19.9. The standard InChI is InChI=1S/C22H20N4O6/c23-21-24-13-26(22(29)25-21)18-17(32-20(28)15-9-5-2-6-10-15)11-16(31-18)12-30-19(27)14-7-3-1-4-8-14/h1-10,13,16-18H,11-12H2,(H2,23,25,29)/t16-,17-,18?/m0/s1. The molecule has 1 aliphatic heterocycles. The third-order valence-corrected chi connectivity index (χ3v) is 4.84. The molecule has 2 heterocycles. The zero-order valence-corrected chi connectivity index (χ0v) is 16.9. The number of hydrogen-bond donors (Lipinski definition) is 1. The molecule has 1 fully saturated rings. The van der Waals surface area contributed by atoms with Crippen LogP contribution in [0.25, 0.3) is 0 Å². The largest absolute Gasteiger partial charge is 0.459 e. The van der Waals surface area contributed by atoms with Gasteiger partial charge >= 0.3 is 17.6 Å². The number of ether oxygens (including phenoxy) is 3. The highest BCUT2D eigenvalue weighted by molar-refractivity contribution is 5.89. The lowest BCUT2D eigenvalue weighted by Crippen LogP contribution is -2.34. The molecule has 1 unspecified atom stereocenters. The van der Waals surface area contributed by atoms with E-state index in [-0.39, 0.29) is 19.0 Å². The second-order valence-electron chi connectivity index (χ2n) is 7.06. The average Bonchev–Trinajstić information content (AvgIpc) is 3.20. The van der Waals surface area contributed by atoms with Gasteiger partial charge in [-0.1, -0.05) is 36.4 Å². The quantitative estimate of drug-likeness (QED) is 0.571. The van der Waals surface area contributed by atoms with Crippen LogP contribution in [-0.4, -0.2) is 45.3 Å². The van der Waals surface area contributed by atoms with Gasteiger partial charge < -0.3 is 19.9 Å². The Kier molecular flexibility index (Phi) is 6.22. The number of hydrogen-bond acceptors (Lipinski definition) is 9. The summed E-state index contributed by atoms with van der Waals surface area (Å²) < 4.78 is 17.9. The van der Waals surface area contributed by atoms with E-state index in [0.717, 1.165) is 4.57 Å². The summed E-state index contributed by atoms with van der Waals surface area (Å²) in [5.41, 5.74) is 5.51. The van der Waals surface area contributed by atoms with Gasteiger partial charge in [0.2, 0.25) is 5.95 Å². The summed E-state index contributed by atoms with van der Waals surface area (Å²) in [6.07, 6.45) is -1.09. The smallest absolute Gasteiger partial charge is 0.354 e. The molecule has 3 aromatic rings. The van der Waals surface area contributed by atoms with Crippen molar-refractivity contribution < 1.29 is 23.8 Å². The second-order valence-corrected chi connectivity index (χ2v) is 7.06. The number of benzene rings is 2. The molecular formula is C22H20N4O6. The van der Waals surface area contributed by atoms with Crippen molar-refractivity contribution in [1.82, 2.24) is 14.5 Å². The fourth-order valence-corrected chi connectivity index (χ4v) is 3.31. The molecular weight excluding hydrogens is 416 g/mol. The molecule has 0 bridgehead atoms. The molecule has 0 radical (unpaired) electrons. The van der Waals surface area contributed by atoms with Crippen molar-refractivity contribution in [2.75, 3.05) is 12.3 Å². The average molecular weight is 436 g/mol. The van der Waals surface area contributed by atoms with Crippen LogP contribution >= 0.6 is 0 Å². The maximum absolute atomic E-state index is 12.6. The Morgan fingerprint density at radius 3 is 2.28 bits per heavy atom. The molecule has 4 rings (SSSR count). The number of esters is 2. The number of anilines is 1. The van der Waals surface area contributed by atoms with Gasteiger partial charge in [-0.15, -0.1) is 0 Å². The van der Waals surface area contributed by atoms with Crippen LogP contribution in [0.3, 0.4) is 0 Å². The first-order valence-electron chi connectivity index (χ1n) is 9.85. The second kappa shape index (κ2) is 9.40. The van der Waals surface area contributed by atoms with Crippen molar-refractivity contribution in [3.05, 3.63) is 88.6 Å². The molecule has 164 valence electrons. The van der Waals surface area contributed by atoms with Crippen molar-refractivity contribution >= 4 is 17.9 Å². The van der Waals surface area contributed by atoms with E-state index in [2.05, 4.69) is 9.97 Å². The van der Waals surface area contributed by atoms with Crippen molar-refractivity contribution in [1.29, 1.82) is 0 Å². The van der Waals surface area contributed by atoms with Gasteiger partial charge in [0.25, 0.3) is 0 Å². The summed E-state index contributed by atoms with van der Waals surface area (Å²) >= 11 is 0. The number of aromatic nitrogens is 3. The molecule has 10 nitrogen and oxygen atoms in total. The third-order valence-electron chi connectivity index (χ3n) is 4.84. The molecule has 2 aromatic carbocycles. The molecule has 0 spiro atoms. The molecule has 3 atom stereocenters. The molecule has 10 heteroatoms. The van der Waals surface area contributed by atoms with E-state index in [9.17, 15) is 14.4 Å². The van der Waals surface area contributed by atoms with Crippen LogP contribution in [0.1, 0.15) is 33.4 Å². The van der Waals surface area contributed by atoms with Crippen LogP contribution in [0, 0.1) is 0 Å². The number of nitrogens with two attached hydrogens (primary N) is 1. The Morgan fingerprint density at radius 2 is 1.66 bits per heavy atom.